The van der Waals surface area contributed by atoms with Crippen LogP contribution >= 0.6 is 0 Å². The Morgan fingerprint density at radius 3 is 2.47 bits per heavy atom. The first-order valence-corrected chi connectivity index (χ1v) is 4.13. The van der Waals surface area contributed by atoms with Crippen LogP contribution in [0.5, 0.6) is 5.75 Å². The summed E-state index contributed by atoms with van der Waals surface area (Å²) in [5, 5.41) is 8.23. The van der Waals surface area contributed by atoms with Gasteiger partial charge in [0.1, 0.15) is 5.75 Å². The van der Waals surface area contributed by atoms with Gasteiger partial charge in [-0.25, -0.2) is 0 Å². The number of nitriles is 1. The zero-order valence-electron chi connectivity index (χ0n) is 7.71. The number of benzene rings is 1. The first-order chi connectivity index (χ1) is 7.22. The maximum Gasteiger partial charge on any atom is 0.387 e. The van der Waals surface area contributed by atoms with Crippen LogP contribution in [0.15, 0.2) is 24.3 Å². The van der Waals surface area contributed by atoms with Crippen LogP contribution in [-0.2, 0) is 0 Å². The van der Waals surface area contributed by atoms with Crippen molar-refractivity contribution in [3.63, 3.8) is 0 Å². The molecule has 0 N–H and O–H groups in total. The smallest absolute Gasteiger partial charge is 0.387 e. The third-order valence-electron chi connectivity index (χ3n) is 1.48. The van der Waals surface area contributed by atoms with Crippen molar-refractivity contribution < 1.29 is 13.5 Å². The van der Waals surface area contributed by atoms with Crippen LogP contribution < -0.4 is 4.74 Å². The van der Waals surface area contributed by atoms with Gasteiger partial charge in [-0.05, 0) is 24.3 Å². The second kappa shape index (κ2) is 5.62. The summed E-state index contributed by atoms with van der Waals surface area (Å²) in [5.41, 5.74) is 0.659. The first-order valence-electron chi connectivity index (χ1n) is 4.13. The van der Waals surface area contributed by atoms with Gasteiger partial charge in [0.05, 0.1) is 12.5 Å². The highest BCUT2D eigenvalue weighted by Gasteiger charge is 2.02. The van der Waals surface area contributed by atoms with Gasteiger partial charge in [-0.15, -0.1) is 0 Å². The van der Waals surface area contributed by atoms with Gasteiger partial charge in [-0.2, -0.15) is 14.0 Å². The minimum atomic E-state index is -2.82. The van der Waals surface area contributed by atoms with Gasteiger partial charge in [0.25, 0.3) is 0 Å². The third-order valence-corrected chi connectivity index (χ3v) is 1.48. The van der Waals surface area contributed by atoms with Crippen molar-refractivity contribution >= 4 is 0 Å². The molecule has 1 aromatic rings. The van der Waals surface area contributed by atoms with E-state index in [2.05, 4.69) is 16.6 Å². The summed E-state index contributed by atoms with van der Waals surface area (Å²) in [5.74, 6) is 5.42. The molecule has 15 heavy (non-hydrogen) atoms. The number of hydrogen-bond acceptors (Lipinski definition) is 2. The van der Waals surface area contributed by atoms with E-state index in [9.17, 15) is 8.78 Å². The summed E-state index contributed by atoms with van der Waals surface area (Å²) in [4.78, 5) is 0. The van der Waals surface area contributed by atoms with Gasteiger partial charge in [-0.1, -0.05) is 11.8 Å². The molecule has 2 nitrogen and oxygen atoms in total. The summed E-state index contributed by atoms with van der Waals surface area (Å²) in [6.45, 7) is -2.82. The molecule has 0 aliphatic heterocycles. The zero-order chi connectivity index (χ0) is 11.1. The van der Waals surface area contributed by atoms with Gasteiger partial charge in [-0.3, -0.25) is 0 Å². The Labute approximate surface area is 86.1 Å². The molecule has 0 atom stereocenters. The average Bonchev–Trinajstić information content (AvgIpc) is 2.20. The van der Waals surface area contributed by atoms with E-state index in [0.29, 0.717) is 5.56 Å². The number of halogens is 2. The molecule has 1 aromatic carbocycles. The molecule has 4 heteroatoms. The Morgan fingerprint density at radius 2 is 1.93 bits per heavy atom. The number of rotatable bonds is 2. The van der Waals surface area contributed by atoms with Crippen LogP contribution in [0, 0.1) is 23.2 Å². The van der Waals surface area contributed by atoms with Crippen molar-refractivity contribution in [1.29, 1.82) is 5.26 Å². The predicted octanol–water partition coefficient (Wildman–Crippen LogP) is 2.55. The van der Waals surface area contributed by atoms with E-state index < -0.39 is 6.61 Å². The lowest BCUT2D eigenvalue weighted by Gasteiger charge is -2.02. The molecule has 0 aliphatic carbocycles. The summed E-state index contributed by atoms with van der Waals surface area (Å²) < 4.78 is 27.7. The molecule has 0 unspecified atom stereocenters. The molecule has 0 bridgehead atoms. The Balaban J connectivity index is 2.66. The fraction of sp³-hybridized carbons (Fsp3) is 0.182. The maximum absolute atomic E-state index is 11.8. The normalized spacial score (nSPS) is 8.93. The number of alkyl halides is 2. The lowest BCUT2D eigenvalue weighted by Crippen LogP contribution is -2.01. The Kier molecular flexibility index (Phi) is 4.12. The fourth-order valence-electron chi connectivity index (χ4n) is 0.905. The van der Waals surface area contributed by atoms with E-state index in [0.717, 1.165) is 0 Å². The monoisotopic (exact) mass is 207 g/mol. The summed E-state index contributed by atoms with van der Waals surface area (Å²) in [6, 6.07) is 7.80. The minimum Gasteiger partial charge on any atom is -0.435 e. The van der Waals surface area contributed by atoms with Crippen molar-refractivity contribution in [3.8, 4) is 23.7 Å². The molecular weight excluding hydrogens is 200 g/mol. The molecule has 0 aromatic heterocycles. The largest absolute Gasteiger partial charge is 0.435 e. The molecule has 0 saturated carbocycles. The lowest BCUT2D eigenvalue weighted by molar-refractivity contribution is -0.0498. The molecule has 0 radical (unpaired) electrons. The fourth-order valence-corrected chi connectivity index (χ4v) is 0.905. The van der Waals surface area contributed by atoms with Crippen molar-refractivity contribution in [2.24, 2.45) is 0 Å². The van der Waals surface area contributed by atoms with Gasteiger partial charge in [0.2, 0.25) is 0 Å². The van der Waals surface area contributed by atoms with E-state index in [1.807, 2.05) is 6.07 Å². The molecule has 0 fully saturated rings. The van der Waals surface area contributed by atoms with E-state index in [-0.39, 0.29) is 12.2 Å². The molecule has 0 saturated heterocycles. The molecule has 1 rings (SSSR count). The topological polar surface area (TPSA) is 33.0 Å². The number of ether oxygens (including phenoxy) is 1. The molecular formula is C11H7F2NO. The second-order valence-electron chi connectivity index (χ2n) is 2.54. The zero-order valence-corrected chi connectivity index (χ0v) is 7.71. The highest BCUT2D eigenvalue weighted by Crippen LogP contribution is 2.14. The van der Waals surface area contributed by atoms with Crippen LogP contribution in [0.2, 0.25) is 0 Å². The molecule has 76 valence electrons. The van der Waals surface area contributed by atoms with E-state index in [1.165, 1.54) is 12.1 Å². The second-order valence-corrected chi connectivity index (χ2v) is 2.54. The summed E-state index contributed by atoms with van der Waals surface area (Å²) in [7, 11) is 0. The Hall–Kier alpha value is -2.07. The van der Waals surface area contributed by atoms with E-state index in [4.69, 9.17) is 5.26 Å². The lowest BCUT2D eigenvalue weighted by atomic mass is 10.2. The molecule has 0 heterocycles. The van der Waals surface area contributed by atoms with E-state index in [1.54, 1.807) is 12.1 Å². The Bertz CT molecular complexity index is 409. The SMILES string of the molecule is N#CCC#Cc1ccc(OC(F)F)cc1. The highest BCUT2D eigenvalue weighted by molar-refractivity contribution is 5.38. The minimum absolute atomic E-state index is 0.0934. The van der Waals surface area contributed by atoms with Crippen LogP contribution in [0.4, 0.5) is 8.78 Å². The maximum atomic E-state index is 11.8. The molecule has 0 spiro atoms. The van der Waals surface area contributed by atoms with Crippen LogP contribution in [0.1, 0.15) is 12.0 Å². The summed E-state index contributed by atoms with van der Waals surface area (Å²) in [6.07, 6.45) is 0.148. The first kappa shape index (κ1) is 11.0. The quantitative estimate of drug-likeness (QED) is 0.698. The van der Waals surface area contributed by atoms with Gasteiger partial charge in [0, 0.05) is 5.56 Å². The number of nitrogens with zero attached hydrogens (tertiary/aromatic N) is 1. The third kappa shape index (κ3) is 4.10. The molecule has 0 aliphatic rings. The average molecular weight is 207 g/mol. The van der Waals surface area contributed by atoms with Crippen molar-refractivity contribution in [2.45, 2.75) is 13.0 Å². The highest BCUT2D eigenvalue weighted by atomic mass is 19.3. The van der Waals surface area contributed by atoms with Gasteiger partial charge < -0.3 is 4.74 Å². The molecule has 0 amide bonds. The Morgan fingerprint density at radius 1 is 1.27 bits per heavy atom. The van der Waals surface area contributed by atoms with Crippen molar-refractivity contribution in [2.75, 3.05) is 0 Å². The van der Waals surface area contributed by atoms with Gasteiger partial charge in [0.15, 0.2) is 0 Å². The number of hydrogen-bond donors (Lipinski definition) is 0. The standard InChI is InChI=1S/C11H7F2NO/c12-11(13)15-10-6-4-9(5-7-10)3-1-2-8-14/h4-7,11H,2H2. The van der Waals surface area contributed by atoms with Crippen LogP contribution in [0.25, 0.3) is 0 Å². The van der Waals surface area contributed by atoms with E-state index >= 15 is 0 Å². The van der Waals surface area contributed by atoms with Crippen molar-refractivity contribution in [1.82, 2.24) is 0 Å². The predicted molar refractivity (Wildman–Crippen MR) is 50.2 cm³/mol. The van der Waals surface area contributed by atoms with Crippen LogP contribution in [0.3, 0.4) is 0 Å². The summed E-state index contributed by atoms with van der Waals surface area (Å²) >= 11 is 0. The van der Waals surface area contributed by atoms with Gasteiger partial charge >= 0.3 is 6.61 Å². The van der Waals surface area contributed by atoms with Crippen LogP contribution in [-0.4, -0.2) is 6.61 Å². The van der Waals surface area contributed by atoms with Crippen molar-refractivity contribution in [3.05, 3.63) is 29.8 Å².